The van der Waals surface area contributed by atoms with Crippen LogP contribution >= 0.6 is 0 Å². The van der Waals surface area contributed by atoms with E-state index in [2.05, 4.69) is 23.2 Å². The number of H-pyrrole nitrogens is 1. The molecule has 3 aromatic rings. The Morgan fingerprint density at radius 3 is 2.79 bits per heavy atom. The minimum absolute atomic E-state index is 0.0723. The third-order valence-corrected chi connectivity index (χ3v) is 5.66. The molecule has 1 aliphatic rings. The van der Waals surface area contributed by atoms with Gasteiger partial charge in [-0.25, -0.2) is 0 Å². The molecule has 1 unspecified atom stereocenters. The van der Waals surface area contributed by atoms with Gasteiger partial charge in [-0.3, -0.25) is 4.79 Å². The first-order chi connectivity index (χ1) is 13.9. The van der Waals surface area contributed by atoms with E-state index in [1.807, 2.05) is 45.0 Å². The van der Waals surface area contributed by atoms with E-state index in [1.54, 1.807) is 0 Å². The lowest BCUT2D eigenvalue weighted by molar-refractivity contribution is -0.0171. The van der Waals surface area contributed by atoms with Gasteiger partial charge in [0.25, 0.3) is 5.56 Å². The van der Waals surface area contributed by atoms with Crippen LogP contribution in [0.3, 0.4) is 0 Å². The van der Waals surface area contributed by atoms with Crippen LogP contribution in [0.4, 0.5) is 0 Å². The number of benzene rings is 2. The number of rotatable bonds is 4. The third-order valence-electron chi connectivity index (χ3n) is 5.66. The Morgan fingerprint density at radius 2 is 2.03 bits per heavy atom. The van der Waals surface area contributed by atoms with Crippen molar-refractivity contribution in [1.29, 1.82) is 5.26 Å². The van der Waals surface area contributed by atoms with Gasteiger partial charge in [0.15, 0.2) is 6.79 Å². The van der Waals surface area contributed by atoms with E-state index in [1.165, 1.54) is 0 Å². The van der Waals surface area contributed by atoms with Crippen LogP contribution in [-0.2, 0) is 29.6 Å². The molecule has 29 heavy (non-hydrogen) atoms. The minimum atomic E-state index is -0.766. The predicted octanol–water partition coefficient (Wildman–Crippen LogP) is 4.29. The predicted molar refractivity (Wildman–Crippen MR) is 112 cm³/mol. The van der Waals surface area contributed by atoms with Crippen LogP contribution in [0.25, 0.3) is 10.9 Å². The maximum absolute atomic E-state index is 12.2. The van der Waals surface area contributed by atoms with Gasteiger partial charge >= 0.3 is 0 Å². The van der Waals surface area contributed by atoms with Gasteiger partial charge in [-0.2, -0.15) is 5.26 Å². The highest BCUT2D eigenvalue weighted by molar-refractivity contribution is 5.80. The molecular weight excluding hydrogens is 364 g/mol. The number of fused-ring (bicyclic) bond motifs is 2. The molecule has 5 heteroatoms. The maximum Gasteiger partial charge on any atom is 0.251 e. The van der Waals surface area contributed by atoms with E-state index in [9.17, 15) is 10.1 Å². The molecule has 0 spiro atoms. The number of nitrogens with zero attached hydrogens (tertiary/aromatic N) is 1. The van der Waals surface area contributed by atoms with Gasteiger partial charge in [0, 0.05) is 16.6 Å². The maximum atomic E-state index is 12.2. The fourth-order valence-corrected chi connectivity index (χ4v) is 4.04. The number of nitrogens with one attached hydrogen (secondary N) is 1. The molecule has 5 nitrogen and oxygen atoms in total. The molecule has 2 heterocycles. The minimum Gasteiger partial charge on any atom is -0.467 e. The van der Waals surface area contributed by atoms with E-state index in [4.69, 9.17) is 9.47 Å². The molecule has 1 aliphatic heterocycles. The van der Waals surface area contributed by atoms with Gasteiger partial charge in [-0.1, -0.05) is 36.8 Å². The Kier molecular flexibility index (Phi) is 4.89. The number of aryl methyl sites for hydroxylation is 2. The number of hydrogen-bond donors (Lipinski definition) is 1. The van der Waals surface area contributed by atoms with Gasteiger partial charge < -0.3 is 14.5 Å². The molecule has 4 rings (SSSR count). The zero-order valence-electron chi connectivity index (χ0n) is 17.0. The highest BCUT2D eigenvalue weighted by atomic mass is 16.7. The Morgan fingerprint density at radius 1 is 1.21 bits per heavy atom. The van der Waals surface area contributed by atoms with Crippen molar-refractivity contribution in [2.45, 2.75) is 45.6 Å². The second-order valence-electron chi connectivity index (χ2n) is 7.92. The number of aromatic amines is 1. The van der Waals surface area contributed by atoms with Crippen molar-refractivity contribution >= 4 is 10.9 Å². The molecule has 0 aliphatic carbocycles. The molecular formula is C24H24N2O3. The highest BCUT2D eigenvalue weighted by Gasteiger charge is 2.30. The van der Waals surface area contributed by atoms with E-state index in [0.717, 1.165) is 44.5 Å². The summed E-state index contributed by atoms with van der Waals surface area (Å²) in [6.07, 6.45) is 1.20. The monoisotopic (exact) mass is 388 g/mol. The van der Waals surface area contributed by atoms with E-state index >= 15 is 0 Å². The lowest BCUT2D eigenvalue weighted by atomic mass is 9.77. The molecule has 1 atom stereocenters. The summed E-state index contributed by atoms with van der Waals surface area (Å²) in [4.78, 5) is 15.2. The number of nitriles is 1. The first-order valence-corrected chi connectivity index (χ1v) is 9.84. The molecule has 0 radical (unpaired) electrons. The van der Waals surface area contributed by atoms with Gasteiger partial charge in [-0.05, 0) is 55.3 Å². The van der Waals surface area contributed by atoms with Gasteiger partial charge in [0.2, 0.25) is 0 Å². The van der Waals surface area contributed by atoms with E-state index < -0.39 is 5.41 Å². The quantitative estimate of drug-likeness (QED) is 0.723. The molecule has 0 saturated carbocycles. The zero-order valence-corrected chi connectivity index (χ0v) is 17.0. The smallest absolute Gasteiger partial charge is 0.251 e. The van der Waals surface area contributed by atoms with Crippen LogP contribution in [0.15, 0.2) is 41.2 Å². The Hall–Kier alpha value is -3.10. The van der Waals surface area contributed by atoms with E-state index in [0.29, 0.717) is 19.4 Å². The topological polar surface area (TPSA) is 75.1 Å². The first-order valence-electron chi connectivity index (χ1n) is 9.84. The largest absolute Gasteiger partial charge is 0.467 e. The summed E-state index contributed by atoms with van der Waals surface area (Å²) < 4.78 is 11.2. The normalized spacial score (nSPS) is 15.2. The zero-order chi connectivity index (χ0) is 20.6. The number of hydrogen-bond acceptors (Lipinski definition) is 4. The summed E-state index contributed by atoms with van der Waals surface area (Å²) in [5.74, 6) is 0.824. The molecule has 148 valence electrons. The Bertz CT molecular complexity index is 1190. The average molecular weight is 388 g/mol. The Balaban J connectivity index is 1.78. The summed E-state index contributed by atoms with van der Waals surface area (Å²) in [5.41, 5.74) is 4.68. The van der Waals surface area contributed by atoms with Gasteiger partial charge in [-0.15, -0.1) is 0 Å². The second kappa shape index (κ2) is 7.38. The highest BCUT2D eigenvalue weighted by Crippen LogP contribution is 2.36. The first kappa shape index (κ1) is 19.2. The van der Waals surface area contributed by atoms with Crippen molar-refractivity contribution in [3.63, 3.8) is 0 Å². The van der Waals surface area contributed by atoms with E-state index in [-0.39, 0.29) is 12.4 Å². The second-order valence-corrected chi connectivity index (χ2v) is 7.92. The molecule has 0 fully saturated rings. The average Bonchev–Trinajstić information content (AvgIpc) is 2.72. The summed E-state index contributed by atoms with van der Waals surface area (Å²) >= 11 is 0. The van der Waals surface area contributed by atoms with Crippen molar-refractivity contribution < 1.29 is 9.47 Å². The lowest BCUT2D eigenvalue weighted by Gasteiger charge is -2.27. The summed E-state index contributed by atoms with van der Waals surface area (Å²) in [6.45, 7) is 6.68. The fourth-order valence-electron chi connectivity index (χ4n) is 4.04. The summed E-state index contributed by atoms with van der Waals surface area (Å²) in [5, 5.41) is 11.1. The van der Waals surface area contributed by atoms with Crippen molar-refractivity contribution in [2.24, 2.45) is 0 Å². The van der Waals surface area contributed by atoms with Crippen LogP contribution < -0.4 is 10.3 Å². The van der Waals surface area contributed by atoms with Crippen LogP contribution in [-0.4, -0.2) is 11.8 Å². The summed E-state index contributed by atoms with van der Waals surface area (Å²) in [7, 11) is 0. The third kappa shape index (κ3) is 3.52. The standard InChI is InChI=1S/C24H24N2O3/c1-4-16-9-17-5-6-20(10-21(17)26-23(16)27)24(3,13-25)11-18-7-15(2)8-19-12-28-14-29-22(18)19/h5-10H,4,11-12,14H2,1-3H3,(H,26,27). The van der Waals surface area contributed by atoms with Crippen LogP contribution in [0, 0.1) is 18.3 Å². The molecule has 0 bridgehead atoms. The number of aromatic nitrogens is 1. The van der Waals surface area contributed by atoms with Crippen molar-refractivity contribution in [2.75, 3.05) is 6.79 Å². The molecule has 0 saturated heterocycles. The number of pyridine rings is 1. The van der Waals surface area contributed by atoms with Gasteiger partial charge in [0.1, 0.15) is 5.75 Å². The fraction of sp³-hybridized carbons (Fsp3) is 0.333. The van der Waals surface area contributed by atoms with Crippen LogP contribution in [0.2, 0.25) is 0 Å². The van der Waals surface area contributed by atoms with Crippen LogP contribution in [0.5, 0.6) is 5.75 Å². The van der Waals surface area contributed by atoms with Crippen molar-refractivity contribution in [3.8, 4) is 11.8 Å². The Labute approximate surface area is 169 Å². The summed E-state index contributed by atoms with van der Waals surface area (Å²) in [6, 6.07) is 14.4. The molecule has 2 aromatic carbocycles. The molecule has 1 aromatic heterocycles. The van der Waals surface area contributed by atoms with Crippen molar-refractivity contribution in [3.05, 3.63) is 74.6 Å². The lowest BCUT2D eigenvalue weighted by Crippen LogP contribution is -2.24. The van der Waals surface area contributed by atoms with Crippen LogP contribution in [0.1, 0.15) is 41.7 Å². The number of ether oxygens (including phenoxy) is 2. The molecule has 0 amide bonds. The SMILES string of the molecule is CCc1cc2ccc(C(C)(C#N)Cc3cc(C)cc4c3OCOC4)cc2[nH]c1=O. The van der Waals surface area contributed by atoms with Crippen molar-refractivity contribution in [1.82, 2.24) is 4.98 Å². The van der Waals surface area contributed by atoms with Gasteiger partial charge in [0.05, 0.1) is 18.1 Å². The molecule has 1 N–H and O–H groups in total.